The minimum absolute atomic E-state index is 0.133. The molecule has 0 unspecified atom stereocenters. The van der Waals surface area contributed by atoms with Crippen molar-refractivity contribution in [3.8, 4) is 0 Å². The smallest absolute Gasteiger partial charge is 0.407 e. The summed E-state index contributed by atoms with van der Waals surface area (Å²) in [5.74, 6) is 0. The zero-order valence-electron chi connectivity index (χ0n) is 50.3. The number of aliphatic hydroxyl groups is 7. The predicted octanol–water partition coefficient (Wildman–Crippen LogP) is 2.29. The highest BCUT2D eigenvalue weighted by molar-refractivity contribution is 5.69. The van der Waals surface area contributed by atoms with Crippen LogP contribution in [0.1, 0.15) is 34.2 Å². The van der Waals surface area contributed by atoms with Crippen molar-refractivity contribution in [3.63, 3.8) is 0 Å². The number of carbonyl (C=O) groups excluding carboxylic acids is 5. The van der Waals surface area contributed by atoms with Crippen molar-refractivity contribution in [1.82, 2.24) is 26.6 Å². The second-order valence-electron chi connectivity index (χ2n) is 22.2. The monoisotopic (exact) mass is 1310 g/mol. The molecule has 5 aromatic carbocycles. The Balaban J connectivity index is 0.985. The van der Waals surface area contributed by atoms with Crippen molar-refractivity contribution in [2.45, 2.75) is 156 Å². The van der Waals surface area contributed by atoms with Gasteiger partial charge in [0.05, 0.1) is 24.8 Å². The Bertz CT molecular complexity index is 3240. The number of hydrogen-bond donors (Lipinski definition) is 12. The zero-order chi connectivity index (χ0) is 66.5. The van der Waals surface area contributed by atoms with Crippen LogP contribution in [0.25, 0.3) is 10.4 Å². The van der Waals surface area contributed by atoms with Crippen molar-refractivity contribution in [3.05, 3.63) is 190 Å². The van der Waals surface area contributed by atoms with Crippen molar-refractivity contribution in [1.29, 1.82) is 0 Å². The Hall–Kier alpha value is -8.76. The first-order chi connectivity index (χ1) is 45.5. The summed E-state index contributed by atoms with van der Waals surface area (Å²) in [5, 5.41) is 98.5. The number of carbonyl (C=O) groups is 5. The summed E-state index contributed by atoms with van der Waals surface area (Å²) in [6, 6.07) is 36.4. The van der Waals surface area contributed by atoms with Crippen LogP contribution in [0, 0.1) is 0 Å². The van der Waals surface area contributed by atoms with E-state index in [9.17, 15) is 65.2 Å². The Morgan fingerprint density at radius 3 is 1.14 bits per heavy atom. The molecule has 12 N–H and O–H groups in total. The van der Waals surface area contributed by atoms with Crippen LogP contribution in [0.5, 0.6) is 0 Å². The van der Waals surface area contributed by atoms with Crippen LogP contribution in [-0.4, -0.2) is 202 Å². The summed E-state index contributed by atoms with van der Waals surface area (Å²) in [5.41, 5.74) is 13.2. The number of amides is 5. The third-order valence-electron chi connectivity index (χ3n) is 15.7. The minimum atomic E-state index is -2.08. The number of benzene rings is 5. The number of aliphatic hydroxyl groups excluding tert-OH is 7. The van der Waals surface area contributed by atoms with Crippen LogP contribution >= 0.6 is 0 Å². The van der Waals surface area contributed by atoms with E-state index in [2.05, 4.69) is 36.6 Å². The topological polar surface area (TPSA) is 437 Å². The molecular weight excluding hydrogens is 1240 g/mol. The first kappa shape index (κ1) is 69.6. The first-order valence-electron chi connectivity index (χ1n) is 30.0. The standard InChI is InChI=1S/C63H74N8O23/c64-71-70-41-26-40(67-61(81)86-32-37-20-10-3-11-21-37)47(73)55(53(41)92-56-45(68-62(82)87-33-38-22-12-4-13-23-38)50(76)48(74)42(89-56)27-65-59(79)84-30-35-16-6-1-7-17-35)94-58-52(78)54(44(29-72)91-58)93-57-46(69-63(83)88-34-39-24-14-5-15-25-39)51(77)49(75)43(90-57)28-66-60(80)85-31-36-18-8-2-9-19-36/h1-25,40-58,72-78H,26-34H2,(H,65,79)(H,66,80)(H,67,81)(H,68,82)(H,69,83)/t40-,41+,42-,43+,44-,45-,46-,47+,48-,49-,50-,51-,52-,53-,54-,55-,56-,57-,58+/m1/s1. The number of azide groups is 1. The second-order valence-corrected chi connectivity index (χ2v) is 22.2. The molecule has 4 fully saturated rings. The molecule has 4 aliphatic rings. The predicted molar refractivity (Wildman–Crippen MR) is 321 cm³/mol. The summed E-state index contributed by atoms with van der Waals surface area (Å²) < 4.78 is 64.6. The molecule has 0 aromatic heterocycles. The van der Waals surface area contributed by atoms with Gasteiger partial charge in [-0.1, -0.05) is 157 Å². The number of nitrogens with one attached hydrogen (secondary N) is 5. The van der Waals surface area contributed by atoms with Gasteiger partial charge in [-0.15, -0.1) is 0 Å². The molecule has 31 nitrogen and oxygen atoms in total. The molecule has 3 aliphatic heterocycles. The molecule has 5 amide bonds. The number of ether oxygens (including phenoxy) is 11. The van der Waals surface area contributed by atoms with Gasteiger partial charge in [0.25, 0.3) is 0 Å². The Morgan fingerprint density at radius 1 is 0.426 bits per heavy atom. The second kappa shape index (κ2) is 34.4. The van der Waals surface area contributed by atoms with E-state index >= 15 is 0 Å². The van der Waals surface area contributed by atoms with E-state index < -0.39 is 173 Å². The van der Waals surface area contributed by atoms with Gasteiger partial charge >= 0.3 is 30.5 Å². The molecule has 9 rings (SSSR count). The van der Waals surface area contributed by atoms with Crippen molar-refractivity contribution in [2.24, 2.45) is 5.11 Å². The maximum atomic E-state index is 13.6. The summed E-state index contributed by atoms with van der Waals surface area (Å²) in [4.78, 5) is 69.5. The molecule has 0 spiro atoms. The lowest BCUT2D eigenvalue weighted by Crippen LogP contribution is -2.68. The molecule has 1 saturated carbocycles. The third kappa shape index (κ3) is 19.2. The van der Waals surface area contributed by atoms with E-state index in [0.717, 1.165) is 0 Å². The SMILES string of the molecule is [N-]=[N+]=N[C@H]1C[C@@H](NC(=O)OCc2ccccc2)[C@H](O)[C@@H](O[C@@H]2O[C@H](CO)[C@@H](O[C@H]3O[C@@H](CNC(=O)OCc4ccccc4)[C@@H](O)[C@H](O)[C@H]3NC(=O)OCc3ccccc3)[C@H]2O)[C@@H]1O[C@H]1O[C@H](CNC(=O)OCc2ccccc2)[C@@H](O)[C@H](O)[C@H]1NC(=O)OCc1ccccc1. The van der Waals surface area contributed by atoms with E-state index in [1.807, 2.05) is 0 Å². The van der Waals surface area contributed by atoms with Crippen molar-refractivity contribution < 1.29 is 112 Å². The van der Waals surface area contributed by atoms with Gasteiger partial charge in [-0.3, -0.25) is 0 Å². The lowest BCUT2D eigenvalue weighted by molar-refractivity contribution is -0.310. The average molecular weight is 1310 g/mol. The van der Waals surface area contributed by atoms with Crippen molar-refractivity contribution >= 4 is 30.5 Å². The van der Waals surface area contributed by atoms with Crippen LogP contribution in [-0.2, 0) is 85.1 Å². The molecule has 1 aliphatic carbocycles. The summed E-state index contributed by atoms with van der Waals surface area (Å²) >= 11 is 0. The fourth-order valence-electron chi connectivity index (χ4n) is 10.8. The highest BCUT2D eigenvalue weighted by Gasteiger charge is 2.56. The molecule has 3 saturated heterocycles. The molecule has 31 heteroatoms. The quantitative estimate of drug-likeness (QED) is 0.0173. The summed E-state index contributed by atoms with van der Waals surface area (Å²) in [6.45, 7) is -3.07. The van der Waals surface area contributed by atoms with E-state index in [4.69, 9.17) is 52.1 Å². The lowest BCUT2D eigenvalue weighted by Gasteiger charge is -2.48. The normalized spacial score (nSPS) is 29.6. The van der Waals surface area contributed by atoms with E-state index in [0.29, 0.717) is 27.8 Å². The maximum Gasteiger partial charge on any atom is 0.407 e. The van der Waals surface area contributed by atoms with Gasteiger partial charge in [0.2, 0.25) is 0 Å². The van der Waals surface area contributed by atoms with E-state index in [-0.39, 0.29) is 33.0 Å². The van der Waals surface area contributed by atoms with Crippen LogP contribution in [0.2, 0.25) is 0 Å². The molecule has 0 radical (unpaired) electrons. The molecule has 94 heavy (non-hydrogen) atoms. The molecular formula is C63H74N8O23. The van der Waals surface area contributed by atoms with Gasteiger partial charge < -0.3 is 114 Å². The van der Waals surface area contributed by atoms with Crippen molar-refractivity contribution in [2.75, 3.05) is 19.7 Å². The van der Waals surface area contributed by atoms with Crippen LogP contribution < -0.4 is 26.6 Å². The number of alkyl carbamates (subject to hydrolysis) is 5. The number of hydrogen-bond acceptors (Lipinski definition) is 24. The summed E-state index contributed by atoms with van der Waals surface area (Å²) in [6.07, 6.45) is -33.7. The molecule has 0 bridgehead atoms. The van der Waals surface area contributed by atoms with E-state index in [1.54, 1.807) is 152 Å². The van der Waals surface area contributed by atoms with Gasteiger partial charge in [0.15, 0.2) is 18.9 Å². The Labute approximate surface area is 537 Å². The average Bonchev–Trinajstić information content (AvgIpc) is 1.34. The van der Waals surface area contributed by atoms with Crippen LogP contribution in [0.4, 0.5) is 24.0 Å². The molecule has 504 valence electrons. The number of nitrogens with zero attached hydrogens (tertiary/aromatic N) is 3. The van der Waals surface area contributed by atoms with Gasteiger partial charge in [-0.25, -0.2) is 24.0 Å². The van der Waals surface area contributed by atoms with Crippen LogP contribution in [0.3, 0.4) is 0 Å². The highest BCUT2D eigenvalue weighted by atomic mass is 16.8. The summed E-state index contributed by atoms with van der Waals surface area (Å²) in [7, 11) is 0. The largest absolute Gasteiger partial charge is 0.445 e. The Kier molecular flexibility index (Phi) is 25.5. The Morgan fingerprint density at radius 2 is 0.766 bits per heavy atom. The number of rotatable bonds is 25. The van der Waals surface area contributed by atoms with Gasteiger partial charge in [-0.05, 0) is 39.8 Å². The minimum Gasteiger partial charge on any atom is -0.445 e. The maximum absolute atomic E-state index is 13.6. The fourth-order valence-corrected chi connectivity index (χ4v) is 10.8. The third-order valence-corrected chi connectivity index (χ3v) is 15.7. The van der Waals surface area contributed by atoms with Gasteiger partial charge in [0, 0.05) is 18.0 Å². The molecule has 19 atom stereocenters. The van der Waals surface area contributed by atoms with E-state index in [1.165, 1.54) is 0 Å². The molecule has 3 heterocycles. The first-order valence-corrected chi connectivity index (χ1v) is 30.0. The van der Waals surface area contributed by atoms with Gasteiger partial charge in [-0.2, -0.15) is 0 Å². The van der Waals surface area contributed by atoms with Gasteiger partial charge in [0.1, 0.15) is 112 Å². The molecule has 5 aromatic rings. The lowest BCUT2D eigenvalue weighted by atomic mass is 9.83. The highest BCUT2D eigenvalue weighted by Crippen LogP contribution is 2.37. The van der Waals surface area contributed by atoms with Crippen LogP contribution in [0.15, 0.2) is 157 Å². The zero-order valence-corrected chi connectivity index (χ0v) is 50.3. The fraction of sp³-hybridized carbons (Fsp3) is 0.444.